The molecule has 0 heterocycles. The number of hydrogen-bond acceptors (Lipinski definition) is 1. The van der Waals surface area contributed by atoms with E-state index in [4.69, 9.17) is 11.6 Å². The summed E-state index contributed by atoms with van der Waals surface area (Å²) in [6.07, 6.45) is 0. The van der Waals surface area contributed by atoms with Crippen LogP contribution >= 0.6 is 11.6 Å². The van der Waals surface area contributed by atoms with Crippen LogP contribution in [0.15, 0.2) is 30.3 Å². The highest BCUT2D eigenvalue weighted by Gasteiger charge is 2.06. The molecule has 0 aromatic heterocycles. The van der Waals surface area contributed by atoms with Crippen LogP contribution in [0.5, 0.6) is 0 Å². The summed E-state index contributed by atoms with van der Waals surface area (Å²) in [4.78, 5) is 0. The van der Waals surface area contributed by atoms with Gasteiger partial charge in [-0.1, -0.05) is 35.9 Å². The van der Waals surface area contributed by atoms with Crippen LogP contribution in [-0.4, -0.2) is 0 Å². The summed E-state index contributed by atoms with van der Waals surface area (Å²) in [5.74, 6) is -0.582. The first-order valence-electron chi connectivity index (χ1n) is 6.38. The lowest BCUT2D eigenvalue weighted by Gasteiger charge is -2.09. The monoisotopic (exact) mass is 295 g/mol. The van der Waals surface area contributed by atoms with Gasteiger partial charge in [0.15, 0.2) is 0 Å². The molecule has 0 fully saturated rings. The molecule has 0 aliphatic heterocycles. The maximum atomic E-state index is 13.5. The lowest BCUT2D eigenvalue weighted by atomic mass is 10.1. The highest BCUT2D eigenvalue weighted by atomic mass is 35.5. The Hall–Kier alpha value is -1.45. The normalized spacial score (nSPS) is 10.8. The van der Waals surface area contributed by atoms with Gasteiger partial charge in [-0.15, -0.1) is 0 Å². The maximum absolute atomic E-state index is 13.5. The van der Waals surface area contributed by atoms with E-state index in [1.54, 1.807) is 26.0 Å². The van der Waals surface area contributed by atoms with Crippen LogP contribution in [0, 0.1) is 25.5 Å². The number of rotatable bonds is 4. The zero-order chi connectivity index (χ0) is 14.7. The van der Waals surface area contributed by atoms with Gasteiger partial charge in [-0.3, -0.25) is 0 Å². The zero-order valence-electron chi connectivity index (χ0n) is 11.4. The van der Waals surface area contributed by atoms with Crippen molar-refractivity contribution in [3.05, 3.63) is 69.2 Å². The second-order valence-electron chi connectivity index (χ2n) is 4.86. The molecule has 0 aliphatic carbocycles. The van der Waals surface area contributed by atoms with Crippen LogP contribution in [-0.2, 0) is 13.1 Å². The molecule has 2 aromatic carbocycles. The molecular weight excluding hydrogens is 280 g/mol. The van der Waals surface area contributed by atoms with Gasteiger partial charge < -0.3 is 5.32 Å². The number of hydrogen-bond donors (Lipinski definition) is 1. The van der Waals surface area contributed by atoms with Crippen molar-refractivity contribution in [3.63, 3.8) is 0 Å². The third-order valence-electron chi connectivity index (χ3n) is 3.17. The van der Waals surface area contributed by atoms with Crippen molar-refractivity contribution in [3.8, 4) is 0 Å². The molecular formula is C16H16ClF2N. The summed E-state index contributed by atoms with van der Waals surface area (Å²) in [6, 6.07) is 8.35. The van der Waals surface area contributed by atoms with Gasteiger partial charge in [-0.25, -0.2) is 8.78 Å². The average Bonchev–Trinajstić information content (AvgIpc) is 2.41. The molecule has 1 nitrogen and oxygen atoms in total. The number of nitrogens with one attached hydrogen (secondary N) is 1. The molecule has 0 spiro atoms. The molecule has 0 amide bonds. The topological polar surface area (TPSA) is 12.0 Å². The molecule has 2 rings (SSSR count). The third kappa shape index (κ3) is 3.35. The molecule has 0 saturated heterocycles. The standard InChI is InChI=1S/C16H16ClF2N/c1-10-6-12(7-11(2)16(10)19)8-20-9-13-4-3-5-14(18)15(13)17/h3-7,20H,8-9H2,1-2H3. The molecule has 2 aromatic rings. The number of benzene rings is 2. The molecule has 4 heteroatoms. The van der Waals surface area contributed by atoms with Gasteiger partial charge in [-0.05, 0) is 42.2 Å². The van der Waals surface area contributed by atoms with Gasteiger partial charge in [0.2, 0.25) is 0 Å². The molecule has 1 N–H and O–H groups in total. The van der Waals surface area contributed by atoms with Crippen LogP contribution < -0.4 is 5.32 Å². The summed E-state index contributed by atoms with van der Waals surface area (Å²) in [5.41, 5.74) is 2.97. The van der Waals surface area contributed by atoms with Crippen molar-refractivity contribution in [1.29, 1.82) is 0 Å². The lowest BCUT2D eigenvalue weighted by molar-refractivity contribution is 0.605. The van der Waals surface area contributed by atoms with Gasteiger partial charge in [0.25, 0.3) is 0 Å². The number of halogens is 3. The highest BCUT2D eigenvalue weighted by molar-refractivity contribution is 6.31. The van der Waals surface area contributed by atoms with E-state index in [0.29, 0.717) is 29.8 Å². The minimum absolute atomic E-state index is 0.145. The van der Waals surface area contributed by atoms with Crippen LogP contribution in [0.25, 0.3) is 0 Å². The van der Waals surface area contributed by atoms with E-state index in [1.165, 1.54) is 6.07 Å². The van der Waals surface area contributed by atoms with Crippen LogP contribution in [0.3, 0.4) is 0 Å². The van der Waals surface area contributed by atoms with E-state index in [2.05, 4.69) is 5.32 Å². The van der Waals surface area contributed by atoms with Crippen LogP contribution in [0.2, 0.25) is 5.02 Å². The predicted octanol–water partition coefficient (Wildman–Crippen LogP) is 4.52. The quantitative estimate of drug-likeness (QED) is 0.874. The Morgan fingerprint density at radius 3 is 2.35 bits per heavy atom. The second kappa shape index (κ2) is 6.33. The summed E-state index contributed by atoms with van der Waals surface area (Å²) < 4.78 is 26.8. The molecule has 0 aliphatic rings. The fraction of sp³-hybridized carbons (Fsp3) is 0.250. The first kappa shape index (κ1) is 14.9. The second-order valence-corrected chi connectivity index (χ2v) is 5.24. The zero-order valence-corrected chi connectivity index (χ0v) is 12.2. The SMILES string of the molecule is Cc1cc(CNCc2cccc(F)c2Cl)cc(C)c1F. The van der Waals surface area contributed by atoms with Crippen molar-refractivity contribution in [2.75, 3.05) is 0 Å². The Bertz CT molecular complexity index is 603. The summed E-state index contributed by atoms with van der Waals surface area (Å²) >= 11 is 5.88. The molecule has 0 radical (unpaired) electrons. The highest BCUT2D eigenvalue weighted by Crippen LogP contribution is 2.19. The van der Waals surface area contributed by atoms with Gasteiger partial charge in [0, 0.05) is 13.1 Å². The van der Waals surface area contributed by atoms with Crippen molar-refractivity contribution in [2.45, 2.75) is 26.9 Å². The number of aryl methyl sites for hydroxylation is 2. The molecule has 0 saturated carbocycles. The van der Waals surface area contributed by atoms with E-state index in [-0.39, 0.29) is 10.8 Å². The summed E-state index contributed by atoms with van der Waals surface area (Å²) in [6.45, 7) is 4.53. The Labute approximate surface area is 122 Å². The molecule has 106 valence electrons. The largest absolute Gasteiger partial charge is 0.309 e. The van der Waals surface area contributed by atoms with E-state index in [0.717, 1.165) is 5.56 Å². The fourth-order valence-electron chi connectivity index (χ4n) is 2.16. The van der Waals surface area contributed by atoms with Gasteiger partial charge >= 0.3 is 0 Å². The minimum Gasteiger partial charge on any atom is -0.309 e. The summed E-state index contributed by atoms with van der Waals surface area (Å²) in [5, 5.41) is 3.33. The fourth-order valence-corrected chi connectivity index (χ4v) is 2.36. The maximum Gasteiger partial charge on any atom is 0.142 e. The van der Waals surface area contributed by atoms with Crippen LogP contribution in [0.4, 0.5) is 8.78 Å². The molecule has 0 bridgehead atoms. The van der Waals surface area contributed by atoms with Crippen molar-refractivity contribution < 1.29 is 8.78 Å². The van der Waals surface area contributed by atoms with Gasteiger partial charge in [0.1, 0.15) is 11.6 Å². The Kier molecular flexibility index (Phi) is 4.73. The third-order valence-corrected chi connectivity index (χ3v) is 3.60. The van der Waals surface area contributed by atoms with Gasteiger partial charge in [-0.2, -0.15) is 0 Å². The van der Waals surface area contributed by atoms with Crippen molar-refractivity contribution >= 4 is 11.6 Å². The predicted molar refractivity (Wildman–Crippen MR) is 77.8 cm³/mol. The first-order chi connectivity index (χ1) is 9.49. The summed E-state index contributed by atoms with van der Waals surface area (Å²) in [7, 11) is 0. The van der Waals surface area contributed by atoms with E-state index < -0.39 is 5.82 Å². The van der Waals surface area contributed by atoms with Crippen molar-refractivity contribution in [1.82, 2.24) is 5.32 Å². The Balaban J connectivity index is 2.01. The smallest absolute Gasteiger partial charge is 0.142 e. The average molecular weight is 296 g/mol. The van der Waals surface area contributed by atoms with Crippen LogP contribution in [0.1, 0.15) is 22.3 Å². The van der Waals surface area contributed by atoms with Gasteiger partial charge in [0.05, 0.1) is 5.02 Å². The van der Waals surface area contributed by atoms with E-state index in [1.807, 2.05) is 12.1 Å². The van der Waals surface area contributed by atoms with E-state index in [9.17, 15) is 8.78 Å². The first-order valence-corrected chi connectivity index (χ1v) is 6.76. The van der Waals surface area contributed by atoms with Crippen molar-refractivity contribution in [2.24, 2.45) is 0 Å². The molecule has 0 unspecified atom stereocenters. The van der Waals surface area contributed by atoms with E-state index >= 15 is 0 Å². The minimum atomic E-state index is -0.417. The Morgan fingerprint density at radius 1 is 1.05 bits per heavy atom. The lowest BCUT2D eigenvalue weighted by Crippen LogP contribution is -2.13. The Morgan fingerprint density at radius 2 is 1.70 bits per heavy atom. The molecule has 0 atom stereocenters. The molecule has 20 heavy (non-hydrogen) atoms.